The van der Waals surface area contributed by atoms with E-state index in [1.54, 1.807) is 19.2 Å². The number of carboxylic acid groups (broad SMARTS) is 1. The van der Waals surface area contributed by atoms with Crippen LogP contribution in [0.1, 0.15) is 12.2 Å². The maximum absolute atomic E-state index is 11.2. The number of hydrogen-bond acceptors (Lipinski definition) is 5. The fraction of sp³-hybridized carbons (Fsp3) is 0.500. The molecule has 1 aliphatic rings. The number of carbonyl (C=O) groups is 1. The number of rotatable bonds is 3. The van der Waals surface area contributed by atoms with Crippen LogP contribution in [-0.4, -0.2) is 39.8 Å². The fourth-order valence-corrected chi connectivity index (χ4v) is 1.66. The van der Waals surface area contributed by atoms with E-state index in [-0.39, 0.29) is 6.61 Å². The summed E-state index contributed by atoms with van der Waals surface area (Å²) in [7, 11) is 0. The lowest BCUT2D eigenvalue weighted by atomic mass is 9.99. The second-order valence-electron chi connectivity index (χ2n) is 3.80. The maximum atomic E-state index is 11.2. The van der Waals surface area contributed by atoms with Gasteiger partial charge in [-0.1, -0.05) is 0 Å². The van der Waals surface area contributed by atoms with Crippen molar-refractivity contribution in [1.29, 1.82) is 0 Å². The molecule has 2 rings (SSSR count). The van der Waals surface area contributed by atoms with Gasteiger partial charge in [0.05, 0.1) is 6.61 Å². The van der Waals surface area contributed by atoms with E-state index in [2.05, 4.69) is 15.3 Å². The topological polar surface area (TPSA) is 84.3 Å². The second-order valence-corrected chi connectivity index (χ2v) is 3.80. The maximum Gasteiger partial charge on any atom is 0.331 e. The second kappa shape index (κ2) is 4.05. The van der Waals surface area contributed by atoms with Crippen LogP contribution in [0.5, 0.6) is 0 Å². The van der Waals surface area contributed by atoms with Crippen LogP contribution in [0, 0.1) is 6.92 Å². The van der Waals surface area contributed by atoms with Crippen LogP contribution in [0.25, 0.3) is 0 Å². The molecule has 0 aliphatic carbocycles. The predicted molar refractivity (Wildman–Crippen MR) is 56.2 cm³/mol. The number of anilines is 1. The van der Waals surface area contributed by atoms with E-state index in [1.807, 2.05) is 0 Å². The first-order valence-corrected chi connectivity index (χ1v) is 5.01. The lowest BCUT2D eigenvalue weighted by Gasteiger charge is -2.24. The molecule has 0 saturated carbocycles. The van der Waals surface area contributed by atoms with Crippen LogP contribution in [0.2, 0.25) is 0 Å². The van der Waals surface area contributed by atoms with Crippen molar-refractivity contribution in [2.24, 2.45) is 0 Å². The van der Waals surface area contributed by atoms with Gasteiger partial charge in [0.2, 0.25) is 0 Å². The molecular formula is C10H13N3O3. The Morgan fingerprint density at radius 1 is 1.69 bits per heavy atom. The lowest BCUT2D eigenvalue weighted by molar-refractivity contribution is -0.142. The van der Waals surface area contributed by atoms with Crippen LogP contribution in [0.3, 0.4) is 0 Å². The van der Waals surface area contributed by atoms with E-state index in [0.29, 0.717) is 24.7 Å². The van der Waals surface area contributed by atoms with Crippen molar-refractivity contribution >= 4 is 11.8 Å². The fourth-order valence-electron chi connectivity index (χ4n) is 1.66. The van der Waals surface area contributed by atoms with E-state index in [4.69, 9.17) is 4.74 Å². The van der Waals surface area contributed by atoms with Crippen molar-refractivity contribution in [1.82, 2.24) is 9.97 Å². The molecule has 1 atom stereocenters. The number of aromatic nitrogens is 2. The smallest absolute Gasteiger partial charge is 0.331 e. The summed E-state index contributed by atoms with van der Waals surface area (Å²) >= 11 is 0. The van der Waals surface area contributed by atoms with Gasteiger partial charge in [0, 0.05) is 19.2 Å². The Bertz CT molecular complexity index is 402. The van der Waals surface area contributed by atoms with Gasteiger partial charge >= 0.3 is 5.97 Å². The first-order valence-electron chi connectivity index (χ1n) is 5.01. The van der Waals surface area contributed by atoms with Crippen LogP contribution in [0.15, 0.2) is 12.3 Å². The van der Waals surface area contributed by atoms with Crippen molar-refractivity contribution in [3.05, 3.63) is 18.1 Å². The van der Waals surface area contributed by atoms with Crippen LogP contribution in [-0.2, 0) is 9.53 Å². The third-order valence-corrected chi connectivity index (χ3v) is 2.57. The van der Waals surface area contributed by atoms with E-state index in [0.717, 1.165) is 0 Å². The SMILES string of the molecule is Cc1nccc(NC2(C(=O)O)CCOC2)n1. The van der Waals surface area contributed by atoms with Gasteiger partial charge in [-0.15, -0.1) is 0 Å². The van der Waals surface area contributed by atoms with Crippen LogP contribution < -0.4 is 5.32 Å². The Kier molecular flexibility index (Phi) is 2.74. The summed E-state index contributed by atoms with van der Waals surface area (Å²) in [5.74, 6) is 0.200. The molecular weight excluding hydrogens is 210 g/mol. The molecule has 1 aromatic rings. The third-order valence-electron chi connectivity index (χ3n) is 2.57. The number of nitrogens with one attached hydrogen (secondary N) is 1. The van der Waals surface area contributed by atoms with Crippen molar-refractivity contribution in [3.8, 4) is 0 Å². The Labute approximate surface area is 92.7 Å². The summed E-state index contributed by atoms with van der Waals surface area (Å²) in [6.07, 6.45) is 2.03. The molecule has 0 spiro atoms. The zero-order valence-electron chi connectivity index (χ0n) is 8.93. The minimum Gasteiger partial charge on any atom is -0.479 e. The lowest BCUT2D eigenvalue weighted by Crippen LogP contribution is -2.47. The molecule has 1 aliphatic heterocycles. The van der Waals surface area contributed by atoms with Gasteiger partial charge < -0.3 is 15.2 Å². The van der Waals surface area contributed by atoms with Crippen LogP contribution in [0.4, 0.5) is 5.82 Å². The minimum atomic E-state index is -1.05. The molecule has 0 radical (unpaired) electrons. The highest BCUT2D eigenvalue weighted by molar-refractivity contribution is 5.83. The van der Waals surface area contributed by atoms with Gasteiger partial charge in [-0.2, -0.15) is 0 Å². The highest BCUT2D eigenvalue weighted by Gasteiger charge is 2.42. The molecule has 0 bridgehead atoms. The zero-order chi connectivity index (χ0) is 11.6. The number of ether oxygens (including phenoxy) is 1. The van der Waals surface area contributed by atoms with Crippen molar-refractivity contribution in [2.45, 2.75) is 18.9 Å². The molecule has 2 heterocycles. The summed E-state index contributed by atoms with van der Waals surface area (Å²) in [5.41, 5.74) is -1.05. The summed E-state index contributed by atoms with van der Waals surface area (Å²) in [4.78, 5) is 19.3. The molecule has 1 aromatic heterocycles. The average molecular weight is 223 g/mol. The normalized spacial score (nSPS) is 24.3. The summed E-state index contributed by atoms with van der Waals surface area (Å²) in [6.45, 7) is 2.36. The highest BCUT2D eigenvalue weighted by Crippen LogP contribution is 2.23. The molecule has 0 aromatic carbocycles. The Morgan fingerprint density at radius 2 is 2.50 bits per heavy atom. The zero-order valence-corrected chi connectivity index (χ0v) is 8.93. The molecule has 1 unspecified atom stereocenters. The standard InChI is InChI=1S/C10H13N3O3/c1-7-11-4-2-8(12-7)13-10(9(14)15)3-5-16-6-10/h2,4H,3,5-6H2,1H3,(H,14,15)(H,11,12,13). The molecule has 6 heteroatoms. The van der Waals surface area contributed by atoms with Gasteiger partial charge in [0.25, 0.3) is 0 Å². The summed E-state index contributed by atoms with van der Waals surface area (Å²) in [5, 5.41) is 12.1. The average Bonchev–Trinajstić information content (AvgIpc) is 2.67. The Morgan fingerprint density at radius 3 is 3.06 bits per heavy atom. The summed E-state index contributed by atoms with van der Waals surface area (Å²) < 4.78 is 5.14. The Hall–Kier alpha value is -1.69. The van der Waals surface area contributed by atoms with E-state index in [9.17, 15) is 9.90 Å². The van der Waals surface area contributed by atoms with Gasteiger partial charge in [-0.3, -0.25) is 0 Å². The summed E-state index contributed by atoms with van der Waals surface area (Å²) in [6, 6.07) is 1.65. The van der Waals surface area contributed by atoms with E-state index < -0.39 is 11.5 Å². The van der Waals surface area contributed by atoms with Crippen molar-refractivity contribution in [2.75, 3.05) is 18.5 Å². The largest absolute Gasteiger partial charge is 0.479 e. The Balaban J connectivity index is 2.21. The first kappa shape index (κ1) is 10.8. The molecule has 2 N–H and O–H groups in total. The number of nitrogens with zero attached hydrogens (tertiary/aromatic N) is 2. The minimum absolute atomic E-state index is 0.158. The third kappa shape index (κ3) is 1.96. The highest BCUT2D eigenvalue weighted by atomic mass is 16.5. The van der Waals surface area contributed by atoms with Gasteiger partial charge in [0.15, 0.2) is 5.54 Å². The number of hydrogen-bond donors (Lipinski definition) is 2. The molecule has 6 nitrogen and oxygen atoms in total. The molecule has 86 valence electrons. The van der Waals surface area contributed by atoms with Crippen molar-refractivity contribution in [3.63, 3.8) is 0 Å². The van der Waals surface area contributed by atoms with E-state index >= 15 is 0 Å². The van der Waals surface area contributed by atoms with Crippen LogP contribution >= 0.6 is 0 Å². The number of carboxylic acids is 1. The van der Waals surface area contributed by atoms with Gasteiger partial charge in [0.1, 0.15) is 11.6 Å². The van der Waals surface area contributed by atoms with Gasteiger partial charge in [-0.25, -0.2) is 14.8 Å². The van der Waals surface area contributed by atoms with Crippen molar-refractivity contribution < 1.29 is 14.6 Å². The molecule has 0 amide bonds. The molecule has 1 fully saturated rings. The quantitative estimate of drug-likeness (QED) is 0.773. The molecule has 1 saturated heterocycles. The molecule has 16 heavy (non-hydrogen) atoms. The van der Waals surface area contributed by atoms with Gasteiger partial charge in [-0.05, 0) is 13.0 Å². The number of aliphatic carboxylic acids is 1. The predicted octanol–water partition coefficient (Wildman–Crippen LogP) is 0.441. The monoisotopic (exact) mass is 223 g/mol. The number of aryl methyl sites for hydroxylation is 1. The van der Waals surface area contributed by atoms with E-state index in [1.165, 1.54) is 0 Å². The first-order chi connectivity index (χ1) is 7.62.